The molecular weight excluding hydrogens is 435 g/mol. The Morgan fingerprint density at radius 3 is 2.58 bits per heavy atom. The normalized spacial score (nSPS) is 12.8. The van der Waals surface area contributed by atoms with Gasteiger partial charge >= 0.3 is 6.61 Å². The van der Waals surface area contributed by atoms with Gasteiger partial charge in [0.1, 0.15) is 5.75 Å². The van der Waals surface area contributed by atoms with Crippen LogP contribution >= 0.6 is 24.0 Å². The third kappa shape index (κ3) is 5.84. The number of hydrogen-bond acceptors (Lipinski definition) is 4. The summed E-state index contributed by atoms with van der Waals surface area (Å²) in [6.45, 7) is 2.81. The summed E-state index contributed by atoms with van der Waals surface area (Å²) >= 11 is 0. The zero-order valence-corrected chi connectivity index (χ0v) is 15.9. The molecular formula is C15H22F2IN3O3. The number of alkyl halides is 2. The zero-order chi connectivity index (χ0) is 16.7. The highest BCUT2D eigenvalue weighted by atomic mass is 127. The molecule has 0 bridgehead atoms. The van der Waals surface area contributed by atoms with Crippen molar-refractivity contribution in [1.82, 2.24) is 10.6 Å². The van der Waals surface area contributed by atoms with Gasteiger partial charge in [-0.2, -0.15) is 8.78 Å². The third-order valence-electron chi connectivity index (χ3n) is 3.07. The van der Waals surface area contributed by atoms with Gasteiger partial charge in [0.15, 0.2) is 17.5 Å². The first-order chi connectivity index (χ1) is 11.1. The maximum Gasteiger partial charge on any atom is 0.387 e. The van der Waals surface area contributed by atoms with E-state index in [4.69, 9.17) is 9.47 Å². The first-order valence-electron chi connectivity index (χ1n) is 7.53. The van der Waals surface area contributed by atoms with Gasteiger partial charge in [0.2, 0.25) is 6.79 Å². The van der Waals surface area contributed by atoms with E-state index in [9.17, 15) is 8.78 Å². The van der Waals surface area contributed by atoms with Crippen LogP contribution in [0.1, 0.15) is 25.8 Å². The predicted molar refractivity (Wildman–Crippen MR) is 97.7 cm³/mol. The third-order valence-corrected chi connectivity index (χ3v) is 3.07. The highest BCUT2D eigenvalue weighted by Gasteiger charge is 2.20. The van der Waals surface area contributed by atoms with E-state index in [0.717, 1.165) is 13.0 Å². The van der Waals surface area contributed by atoms with Crippen LogP contribution in [0.5, 0.6) is 17.2 Å². The molecule has 24 heavy (non-hydrogen) atoms. The maximum atomic E-state index is 12.6. The molecule has 136 valence electrons. The molecule has 1 aromatic carbocycles. The first kappa shape index (κ1) is 20.5. The van der Waals surface area contributed by atoms with Crippen molar-refractivity contribution in [3.05, 3.63) is 17.7 Å². The van der Waals surface area contributed by atoms with Gasteiger partial charge in [0, 0.05) is 24.7 Å². The molecule has 0 spiro atoms. The number of fused-ring (bicyclic) bond motifs is 1. The van der Waals surface area contributed by atoms with Crippen LogP contribution in [0, 0.1) is 0 Å². The van der Waals surface area contributed by atoms with Gasteiger partial charge in [0.05, 0.1) is 6.54 Å². The molecule has 0 radical (unpaired) electrons. The van der Waals surface area contributed by atoms with Crippen molar-refractivity contribution >= 4 is 29.9 Å². The second kappa shape index (κ2) is 10.4. The molecule has 0 aromatic heterocycles. The molecule has 1 aromatic rings. The second-order valence-corrected chi connectivity index (χ2v) is 4.81. The van der Waals surface area contributed by atoms with E-state index in [1.807, 2.05) is 13.8 Å². The number of ether oxygens (including phenoxy) is 3. The van der Waals surface area contributed by atoms with Crippen LogP contribution in [0.2, 0.25) is 0 Å². The Bertz CT molecular complexity index is 559. The number of nitrogens with one attached hydrogen (secondary N) is 2. The predicted octanol–water partition coefficient (Wildman–Crippen LogP) is 3.10. The van der Waals surface area contributed by atoms with Crippen LogP contribution in [0.15, 0.2) is 17.1 Å². The number of guanidine groups is 1. The van der Waals surface area contributed by atoms with Crippen molar-refractivity contribution in [2.45, 2.75) is 33.4 Å². The Hall–Kier alpha value is -1.52. The van der Waals surface area contributed by atoms with E-state index in [1.54, 1.807) is 6.07 Å². The SMILES string of the molecule is CCCNC(=NCc1cc2c(cc1OC(F)F)OCO2)NCC.I. The summed E-state index contributed by atoms with van der Waals surface area (Å²) in [4.78, 5) is 4.39. The molecule has 0 saturated carbocycles. The van der Waals surface area contributed by atoms with Crippen LogP contribution in [0.3, 0.4) is 0 Å². The van der Waals surface area contributed by atoms with E-state index >= 15 is 0 Å². The van der Waals surface area contributed by atoms with E-state index < -0.39 is 6.61 Å². The van der Waals surface area contributed by atoms with Crippen LogP contribution < -0.4 is 24.8 Å². The molecule has 0 amide bonds. The van der Waals surface area contributed by atoms with Crippen molar-refractivity contribution in [2.24, 2.45) is 4.99 Å². The van der Waals surface area contributed by atoms with Crippen LogP contribution in [-0.4, -0.2) is 32.5 Å². The Balaban J connectivity index is 0.00000288. The van der Waals surface area contributed by atoms with Gasteiger partial charge in [-0.3, -0.25) is 0 Å². The molecule has 0 aliphatic carbocycles. The zero-order valence-electron chi connectivity index (χ0n) is 13.6. The lowest BCUT2D eigenvalue weighted by atomic mass is 10.1. The Labute approximate surface area is 157 Å². The van der Waals surface area contributed by atoms with E-state index in [2.05, 4.69) is 20.4 Å². The van der Waals surface area contributed by atoms with Crippen LogP contribution in [0.4, 0.5) is 8.78 Å². The van der Waals surface area contributed by atoms with Crippen LogP contribution in [0.25, 0.3) is 0 Å². The monoisotopic (exact) mass is 457 g/mol. The van der Waals surface area contributed by atoms with Crippen molar-refractivity contribution in [3.8, 4) is 17.2 Å². The molecule has 1 heterocycles. The number of halogens is 3. The lowest BCUT2D eigenvalue weighted by Crippen LogP contribution is -2.37. The van der Waals surface area contributed by atoms with Crippen LogP contribution in [-0.2, 0) is 6.54 Å². The van der Waals surface area contributed by atoms with E-state index in [1.165, 1.54) is 6.07 Å². The molecule has 0 atom stereocenters. The van der Waals surface area contributed by atoms with Crippen molar-refractivity contribution in [2.75, 3.05) is 19.9 Å². The number of hydrogen-bond donors (Lipinski definition) is 2. The topological polar surface area (TPSA) is 64.1 Å². The second-order valence-electron chi connectivity index (χ2n) is 4.81. The van der Waals surface area contributed by atoms with Gasteiger partial charge in [-0.15, -0.1) is 24.0 Å². The number of aliphatic imine (C=N–C) groups is 1. The molecule has 2 N–H and O–H groups in total. The molecule has 0 fully saturated rings. The molecule has 0 unspecified atom stereocenters. The van der Waals surface area contributed by atoms with E-state index in [0.29, 0.717) is 29.6 Å². The van der Waals surface area contributed by atoms with Crippen molar-refractivity contribution in [3.63, 3.8) is 0 Å². The molecule has 9 heteroatoms. The summed E-state index contributed by atoms with van der Waals surface area (Å²) in [7, 11) is 0. The Kier molecular flexibility index (Phi) is 8.87. The van der Waals surface area contributed by atoms with Crippen molar-refractivity contribution < 1.29 is 23.0 Å². The fourth-order valence-corrected chi connectivity index (χ4v) is 2.04. The summed E-state index contributed by atoms with van der Waals surface area (Å²) in [5.41, 5.74) is 0.503. The summed E-state index contributed by atoms with van der Waals surface area (Å²) in [5.74, 6) is 1.56. The molecule has 0 saturated heterocycles. The minimum absolute atomic E-state index is 0. The number of nitrogens with zero attached hydrogens (tertiary/aromatic N) is 1. The van der Waals surface area contributed by atoms with E-state index in [-0.39, 0.29) is 43.1 Å². The van der Waals surface area contributed by atoms with Gasteiger partial charge in [0.25, 0.3) is 0 Å². The summed E-state index contributed by atoms with van der Waals surface area (Å²) in [6.07, 6.45) is 0.953. The quantitative estimate of drug-likeness (QED) is 0.375. The van der Waals surface area contributed by atoms with Gasteiger partial charge in [-0.25, -0.2) is 4.99 Å². The lowest BCUT2D eigenvalue weighted by molar-refractivity contribution is -0.0505. The summed E-state index contributed by atoms with van der Waals surface area (Å²) in [5, 5.41) is 6.24. The summed E-state index contributed by atoms with van der Waals surface area (Å²) < 4.78 is 40.2. The highest BCUT2D eigenvalue weighted by Crippen LogP contribution is 2.38. The minimum atomic E-state index is -2.91. The summed E-state index contributed by atoms with van der Waals surface area (Å²) in [6, 6.07) is 3.03. The first-order valence-corrected chi connectivity index (χ1v) is 7.53. The van der Waals surface area contributed by atoms with Crippen molar-refractivity contribution in [1.29, 1.82) is 0 Å². The maximum absolute atomic E-state index is 12.6. The highest BCUT2D eigenvalue weighted by molar-refractivity contribution is 14.0. The smallest absolute Gasteiger partial charge is 0.387 e. The molecule has 6 nitrogen and oxygen atoms in total. The Morgan fingerprint density at radius 1 is 1.25 bits per heavy atom. The fraction of sp³-hybridized carbons (Fsp3) is 0.533. The van der Waals surface area contributed by atoms with Gasteiger partial charge in [-0.05, 0) is 19.4 Å². The number of rotatable bonds is 7. The molecule has 1 aliphatic heterocycles. The molecule has 2 rings (SSSR count). The Morgan fingerprint density at radius 2 is 1.96 bits per heavy atom. The lowest BCUT2D eigenvalue weighted by Gasteiger charge is -2.13. The largest absolute Gasteiger partial charge is 0.454 e. The fourth-order valence-electron chi connectivity index (χ4n) is 2.04. The van der Waals surface area contributed by atoms with Gasteiger partial charge < -0.3 is 24.8 Å². The average Bonchev–Trinajstić information content (AvgIpc) is 2.96. The average molecular weight is 457 g/mol. The van der Waals surface area contributed by atoms with Gasteiger partial charge in [-0.1, -0.05) is 6.92 Å². The molecule has 1 aliphatic rings. The standard InChI is InChI=1S/C15H21F2N3O3.HI/c1-3-5-19-15(18-4-2)20-8-10-6-12-13(22-9-21-12)7-11(10)23-14(16)17;/h6-7,14H,3-5,8-9H2,1-2H3,(H2,18,19,20);1H. The minimum Gasteiger partial charge on any atom is -0.454 e. The number of benzene rings is 1.